The summed E-state index contributed by atoms with van der Waals surface area (Å²) in [6.45, 7) is 5.34. The van der Waals surface area contributed by atoms with Crippen molar-refractivity contribution >= 4 is 29.4 Å². The molecule has 0 fully saturated rings. The summed E-state index contributed by atoms with van der Waals surface area (Å²) in [7, 11) is 0. The number of esters is 1. The van der Waals surface area contributed by atoms with Crippen molar-refractivity contribution in [1.29, 1.82) is 0 Å². The highest BCUT2D eigenvalue weighted by Gasteiger charge is 2.33. The van der Waals surface area contributed by atoms with E-state index in [1.54, 1.807) is 6.92 Å². The third kappa shape index (κ3) is 4.04. The number of aliphatic carboxylic acids is 1. The van der Waals surface area contributed by atoms with Crippen LogP contribution in [0.5, 0.6) is 5.75 Å². The summed E-state index contributed by atoms with van der Waals surface area (Å²) in [6, 6.07) is 0.124. The normalized spacial score (nSPS) is 17.6. The molecular weight excluding hydrogens is 350 g/mol. The van der Waals surface area contributed by atoms with E-state index in [0.717, 1.165) is 0 Å². The van der Waals surface area contributed by atoms with E-state index in [4.69, 9.17) is 16.3 Å². The van der Waals surface area contributed by atoms with Crippen LogP contribution in [-0.2, 0) is 16.0 Å². The summed E-state index contributed by atoms with van der Waals surface area (Å²) in [5.74, 6) is -3.28. The molecule has 0 radical (unpaired) electrons. The first-order chi connectivity index (χ1) is 11.6. The maximum Gasteiger partial charge on any atom is 0.342 e. The zero-order chi connectivity index (χ0) is 18.9. The predicted octanol–water partition coefficient (Wildman–Crippen LogP) is 2.38. The molecule has 136 valence electrons. The summed E-state index contributed by atoms with van der Waals surface area (Å²) in [4.78, 5) is 35.8. The molecule has 0 unspecified atom stereocenters. The molecule has 2 atom stereocenters. The average Bonchev–Trinajstić information content (AvgIpc) is 2.48. The first-order valence-corrected chi connectivity index (χ1v) is 8.28. The van der Waals surface area contributed by atoms with E-state index >= 15 is 0 Å². The Hall–Kier alpha value is -2.28. The molecule has 0 saturated carbocycles. The predicted molar refractivity (Wildman–Crippen MR) is 90.0 cm³/mol. The maximum atomic E-state index is 12.4. The van der Waals surface area contributed by atoms with Crippen LogP contribution in [0.1, 0.15) is 53.5 Å². The number of carbonyl (C=O) groups excluding carboxylic acids is 2. The Balaban J connectivity index is 2.38. The number of cyclic esters (lactones) is 1. The van der Waals surface area contributed by atoms with Gasteiger partial charge in [-0.15, -0.1) is 0 Å². The second kappa shape index (κ2) is 7.31. The molecule has 0 spiro atoms. The lowest BCUT2D eigenvalue weighted by Gasteiger charge is -2.24. The van der Waals surface area contributed by atoms with Gasteiger partial charge in [0.2, 0.25) is 0 Å². The van der Waals surface area contributed by atoms with E-state index in [9.17, 15) is 24.6 Å². The Morgan fingerprint density at radius 1 is 1.44 bits per heavy atom. The van der Waals surface area contributed by atoms with E-state index in [0.29, 0.717) is 12.0 Å². The molecule has 1 aliphatic rings. The van der Waals surface area contributed by atoms with Crippen LogP contribution in [0.2, 0.25) is 5.02 Å². The second-order valence-corrected chi connectivity index (χ2v) is 6.93. The molecule has 0 saturated heterocycles. The summed E-state index contributed by atoms with van der Waals surface area (Å²) in [5, 5.41) is 22.1. The Morgan fingerprint density at radius 3 is 2.64 bits per heavy atom. The Labute approximate surface area is 149 Å². The third-order valence-electron chi connectivity index (χ3n) is 3.91. The van der Waals surface area contributed by atoms with E-state index in [1.807, 2.05) is 13.8 Å². The molecule has 8 heteroatoms. The molecule has 0 bridgehead atoms. The van der Waals surface area contributed by atoms with Crippen LogP contribution in [0.15, 0.2) is 6.07 Å². The number of hydrogen-bond acceptors (Lipinski definition) is 5. The van der Waals surface area contributed by atoms with E-state index in [2.05, 4.69) is 5.32 Å². The fraction of sp³-hybridized carbons (Fsp3) is 0.471. The van der Waals surface area contributed by atoms with Gasteiger partial charge >= 0.3 is 11.9 Å². The van der Waals surface area contributed by atoms with E-state index < -0.39 is 29.6 Å². The first kappa shape index (κ1) is 19.1. The number of carbonyl (C=O) groups is 3. The van der Waals surface area contributed by atoms with Crippen LogP contribution >= 0.6 is 11.6 Å². The van der Waals surface area contributed by atoms with Gasteiger partial charge in [-0.3, -0.25) is 4.79 Å². The largest absolute Gasteiger partial charge is 0.506 e. The lowest BCUT2D eigenvalue weighted by Crippen LogP contribution is -2.41. The van der Waals surface area contributed by atoms with Gasteiger partial charge < -0.3 is 20.3 Å². The molecule has 3 N–H and O–H groups in total. The number of carboxylic acid groups (broad SMARTS) is 1. The van der Waals surface area contributed by atoms with Crippen LogP contribution < -0.4 is 5.32 Å². The van der Waals surface area contributed by atoms with Gasteiger partial charge in [-0.2, -0.15) is 0 Å². The molecule has 0 aliphatic carbocycles. The number of benzene rings is 1. The van der Waals surface area contributed by atoms with Crippen LogP contribution in [0.4, 0.5) is 0 Å². The molecule has 1 aliphatic heterocycles. The number of phenols is 1. The number of hydrogen-bond donors (Lipinski definition) is 3. The fourth-order valence-electron chi connectivity index (χ4n) is 2.77. The minimum atomic E-state index is -1.18. The molecule has 1 amide bonds. The van der Waals surface area contributed by atoms with Gasteiger partial charge in [-0.1, -0.05) is 25.4 Å². The zero-order valence-electron chi connectivity index (χ0n) is 14.1. The molecule has 0 aromatic heterocycles. The van der Waals surface area contributed by atoms with Crippen LogP contribution in [0.3, 0.4) is 0 Å². The van der Waals surface area contributed by atoms with Crippen molar-refractivity contribution in [2.75, 3.05) is 0 Å². The van der Waals surface area contributed by atoms with E-state index in [1.165, 1.54) is 6.07 Å². The first-order valence-electron chi connectivity index (χ1n) is 7.90. The smallest absolute Gasteiger partial charge is 0.342 e. The lowest BCUT2D eigenvalue weighted by molar-refractivity contribution is -0.139. The van der Waals surface area contributed by atoms with Gasteiger partial charge in [0.1, 0.15) is 23.5 Å². The van der Waals surface area contributed by atoms with Crippen molar-refractivity contribution < 1.29 is 29.3 Å². The molecule has 7 nitrogen and oxygen atoms in total. The number of phenolic OH excluding ortho intramolecular Hbond substituents is 1. The monoisotopic (exact) mass is 369 g/mol. The molecule has 1 aromatic carbocycles. The van der Waals surface area contributed by atoms with Crippen molar-refractivity contribution in [3.05, 3.63) is 27.8 Å². The topological polar surface area (TPSA) is 113 Å². The van der Waals surface area contributed by atoms with Crippen molar-refractivity contribution in [2.45, 2.75) is 45.8 Å². The quantitative estimate of drug-likeness (QED) is 0.687. The van der Waals surface area contributed by atoms with Crippen molar-refractivity contribution in [2.24, 2.45) is 5.92 Å². The van der Waals surface area contributed by atoms with Crippen LogP contribution in [0.25, 0.3) is 0 Å². The number of aromatic hydroxyl groups is 1. The molecule has 1 aromatic rings. The highest BCUT2D eigenvalue weighted by Crippen LogP contribution is 2.36. The van der Waals surface area contributed by atoms with Gasteiger partial charge in [-0.05, 0) is 30.9 Å². The second-order valence-electron chi connectivity index (χ2n) is 6.52. The number of rotatable bonds is 5. The van der Waals surface area contributed by atoms with E-state index in [-0.39, 0.29) is 34.6 Å². The fourth-order valence-corrected chi connectivity index (χ4v) is 3.05. The number of fused-ring (bicyclic) bond motifs is 1. The van der Waals surface area contributed by atoms with Crippen molar-refractivity contribution in [1.82, 2.24) is 5.32 Å². The SMILES string of the molecule is CC(C)C[C@H](NC(=O)c1cc(Cl)c2c(c1O)C(=O)O[C@H](C)C2)C(=O)O. The Morgan fingerprint density at radius 2 is 2.08 bits per heavy atom. The minimum absolute atomic E-state index is 0.0404. The molecule has 25 heavy (non-hydrogen) atoms. The highest BCUT2D eigenvalue weighted by atomic mass is 35.5. The highest BCUT2D eigenvalue weighted by molar-refractivity contribution is 6.32. The molecule has 1 heterocycles. The Bertz CT molecular complexity index is 730. The third-order valence-corrected chi connectivity index (χ3v) is 4.25. The molecular formula is C17H20ClNO6. The van der Waals surface area contributed by atoms with Gasteiger partial charge in [0.25, 0.3) is 5.91 Å². The summed E-state index contributed by atoms with van der Waals surface area (Å²) < 4.78 is 5.07. The summed E-state index contributed by atoms with van der Waals surface area (Å²) >= 11 is 6.16. The van der Waals surface area contributed by atoms with Crippen molar-refractivity contribution in [3.63, 3.8) is 0 Å². The number of nitrogens with one attached hydrogen (secondary N) is 1. The van der Waals surface area contributed by atoms with Gasteiger partial charge in [0, 0.05) is 11.4 Å². The summed E-state index contributed by atoms with van der Waals surface area (Å²) in [5.41, 5.74) is 0.00757. The minimum Gasteiger partial charge on any atom is -0.506 e. The number of ether oxygens (including phenoxy) is 1. The van der Waals surface area contributed by atoms with Crippen LogP contribution in [0, 0.1) is 5.92 Å². The lowest BCUT2D eigenvalue weighted by atomic mass is 9.95. The maximum absolute atomic E-state index is 12.4. The number of amides is 1. The van der Waals surface area contributed by atoms with Crippen molar-refractivity contribution in [3.8, 4) is 5.75 Å². The number of carboxylic acids is 1. The standard InChI is InChI=1S/C17H20ClNO6/c1-7(2)4-12(16(22)23)19-15(21)10-6-11(18)9-5-8(3)25-17(24)13(9)14(10)20/h6-8,12,20H,4-5H2,1-3H3,(H,19,21)(H,22,23)/t8-,12+/m1/s1. The van der Waals surface area contributed by atoms with Gasteiger partial charge in [0.15, 0.2) is 0 Å². The Kier molecular flexibility index (Phi) is 5.57. The van der Waals surface area contributed by atoms with Crippen LogP contribution in [-0.4, -0.2) is 40.2 Å². The molecule has 2 rings (SSSR count). The van der Waals surface area contributed by atoms with Gasteiger partial charge in [-0.25, -0.2) is 9.59 Å². The zero-order valence-corrected chi connectivity index (χ0v) is 14.9. The summed E-state index contributed by atoms with van der Waals surface area (Å²) in [6.07, 6.45) is 0.152. The van der Waals surface area contributed by atoms with Gasteiger partial charge in [0.05, 0.1) is 5.56 Å². The average molecular weight is 370 g/mol. The number of halogens is 1.